The molecule has 134 valence electrons. The first-order valence-corrected chi connectivity index (χ1v) is 8.69. The van der Waals surface area contributed by atoms with E-state index in [9.17, 15) is 9.90 Å². The predicted molar refractivity (Wildman–Crippen MR) is 101 cm³/mol. The highest BCUT2D eigenvalue weighted by atomic mass is 16.5. The smallest absolute Gasteiger partial charge is 0.253 e. The molecule has 0 radical (unpaired) electrons. The fourth-order valence-electron chi connectivity index (χ4n) is 2.78. The Hall–Kier alpha value is -2.33. The number of carbonyl (C=O) groups is 1. The summed E-state index contributed by atoms with van der Waals surface area (Å²) in [7, 11) is 0. The third-order valence-electron chi connectivity index (χ3n) is 3.85. The minimum absolute atomic E-state index is 0.0830. The first-order chi connectivity index (χ1) is 11.9. The van der Waals surface area contributed by atoms with Gasteiger partial charge < -0.3 is 14.7 Å². The van der Waals surface area contributed by atoms with E-state index in [4.69, 9.17) is 4.74 Å². The first kappa shape index (κ1) is 19.0. The summed E-state index contributed by atoms with van der Waals surface area (Å²) < 4.78 is 5.70. The van der Waals surface area contributed by atoms with E-state index in [1.807, 2.05) is 62.4 Å². The Morgan fingerprint density at radius 2 is 1.84 bits per heavy atom. The second-order valence-corrected chi connectivity index (χ2v) is 6.64. The van der Waals surface area contributed by atoms with Gasteiger partial charge in [0.1, 0.15) is 5.75 Å². The second kappa shape index (κ2) is 8.17. The van der Waals surface area contributed by atoms with Crippen LogP contribution < -0.4 is 4.74 Å². The van der Waals surface area contributed by atoms with Gasteiger partial charge in [-0.1, -0.05) is 30.3 Å². The van der Waals surface area contributed by atoms with Gasteiger partial charge in [0.05, 0.1) is 12.2 Å². The average molecular weight is 341 g/mol. The number of nitrogens with zero attached hydrogens (tertiary/aromatic N) is 1. The highest BCUT2D eigenvalue weighted by molar-refractivity contribution is 5.95. The molecular weight excluding hydrogens is 314 g/mol. The molecule has 0 aliphatic heterocycles. The number of hydrogen-bond acceptors (Lipinski definition) is 3. The molecule has 2 rings (SSSR count). The molecule has 1 N–H and O–H groups in total. The highest BCUT2D eigenvalue weighted by Gasteiger charge is 2.22. The largest absolute Gasteiger partial charge is 0.493 e. The Bertz CT molecular complexity index is 719. The van der Waals surface area contributed by atoms with Crippen molar-refractivity contribution in [3.63, 3.8) is 0 Å². The van der Waals surface area contributed by atoms with Crippen molar-refractivity contribution in [2.45, 2.75) is 33.3 Å². The predicted octanol–water partition coefficient (Wildman–Crippen LogP) is 3.99. The molecule has 4 nitrogen and oxygen atoms in total. The highest BCUT2D eigenvalue weighted by Crippen LogP contribution is 2.30. The zero-order valence-corrected chi connectivity index (χ0v) is 15.5. The van der Waals surface area contributed by atoms with Crippen molar-refractivity contribution in [2.75, 3.05) is 19.7 Å². The SMILES string of the molecule is CCOc1ccccc1-c1cccc(C(=O)N(CC)CC(C)(C)O)c1. The zero-order valence-electron chi connectivity index (χ0n) is 15.5. The van der Waals surface area contributed by atoms with Crippen LogP contribution in [0.3, 0.4) is 0 Å². The first-order valence-electron chi connectivity index (χ1n) is 8.69. The van der Waals surface area contributed by atoms with E-state index in [-0.39, 0.29) is 5.91 Å². The fraction of sp³-hybridized carbons (Fsp3) is 0.381. The molecular formula is C21H27NO3. The molecule has 0 atom stereocenters. The number of benzene rings is 2. The Labute approximate surface area is 150 Å². The van der Waals surface area contributed by atoms with Gasteiger partial charge in [-0.05, 0) is 51.5 Å². The molecule has 0 fully saturated rings. The molecule has 0 spiro atoms. The molecule has 0 saturated heterocycles. The fourth-order valence-corrected chi connectivity index (χ4v) is 2.78. The number of para-hydroxylation sites is 1. The van der Waals surface area contributed by atoms with Crippen LogP contribution in [-0.2, 0) is 0 Å². The summed E-state index contributed by atoms with van der Waals surface area (Å²) in [6.07, 6.45) is 0. The lowest BCUT2D eigenvalue weighted by Gasteiger charge is -2.28. The van der Waals surface area contributed by atoms with E-state index in [0.29, 0.717) is 25.3 Å². The molecule has 0 aliphatic carbocycles. The minimum Gasteiger partial charge on any atom is -0.493 e. The molecule has 0 unspecified atom stereocenters. The van der Waals surface area contributed by atoms with Crippen LogP contribution in [0.5, 0.6) is 5.75 Å². The van der Waals surface area contributed by atoms with Crippen LogP contribution in [0.15, 0.2) is 48.5 Å². The summed E-state index contributed by atoms with van der Waals surface area (Å²) in [5, 5.41) is 10.0. The molecule has 0 aliphatic rings. The molecule has 25 heavy (non-hydrogen) atoms. The van der Waals surface area contributed by atoms with Crippen molar-refractivity contribution >= 4 is 5.91 Å². The van der Waals surface area contributed by atoms with Crippen molar-refractivity contribution in [2.24, 2.45) is 0 Å². The summed E-state index contributed by atoms with van der Waals surface area (Å²) in [6.45, 7) is 8.70. The summed E-state index contributed by atoms with van der Waals surface area (Å²) in [4.78, 5) is 14.5. The van der Waals surface area contributed by atoms with Gasteiger partial charge in [-0.2, -0.15) is 0 Å². The van der Waals surface area contributed by atoms with Gasteiger partial charge >= 0.3 is 0 Å². The Morgan fingerprint density at radius 3 is 2.48 bits per heavy atom. The van der Waals surface area contributed by atoms with Crippen molar-refractivity contribution in [3.05, 3.63) is 54.1 Å². The molecule has 0 saturated carbocycles. The Morgan fingerprint density at radius 1 is 1.12 bits per heavy atom. The molecule has 0 aromatic heterocycles. The van der Waals surface area contributed by atoms with E-state index in [0.717, 1.165) is 16.9 Å². The van der Waals surface area contributed by atoms with Gasteiger partial charge in [-0.25, -0.2) is 0 Å². The van der Waals surface area contributed by atoms with Crippen molar-refractivity contribution < 1.29 is 14.6 Å². The summed E-state index contributed by atoms with van der Waals surface area (Å²) in [6, 6.07) is 15.4. The van der Waals surface area contributed by atoms with Gasteiger partial charge in [0.2, 0.25) is 0 Å². The maximum atomic E-state index is 12.8. The van der Waals surface area contributed by atoms with Gasteiger partial charge in [-0.3, -0.25) is 4.79 Å². The van der Waals surface area contributed by atoms with Crippen LogP contribution in [-0.4, -0.2) is 41.2 Å². The number of aliphatic hydroxyl groups is 1. The summed E-state index contributed by atoms with van der Waals surface area (Å²) >= 11 is 0. The van der Waals surface area contributed by atoms with E-state index in [2.05, 4.69) is 0 Å². The Balaban J connectivity index is 2.34. The van der Waals surface area contributed by atoms with Crippen LogP contribution in [0.25, 0.3) is 11.1 Å². The van der Waals surface area contributed by atoms with Gasteiger partial charge in [0.15, 0.2) is 0 Å². The van der Waals surface area contributed by atoms with Crippen LogP contribution in [0.2, 0.25) is 0 Å². The van der Waals surface area contributed by atoms with Crippen LogP contribution in [0.4, 0.5) is 0 Å². The molecule has 4 heteroatoms. The third kappa shape index (κ3) is 5.07. The number of likely N-dealkylation sites (N-methyl/N-ethyl adjacent to an activating group) is 1. The van der Waals surface area contributed by atoms with Crippen LogP contribution in [0.1, 0.15) is 38.1 Å². The minimum atomic E-state index is -0.926. The molecule has 0 heterocycles. The van der Waals surface area contributed by atoms with Gasteiger partial charge in [-0.15, -0.1) is 0 Å². The summed E-state index contributed by atoms with van der Waals surface area (Å²) in [5.41, 5.74) is 1.58. The number of amides is 1. The van der Waals surface area contributed by atoms with Crippen LogP contribution >= 0.6 is 0 Å². The molecule has 1 amide bonds. The maximum Gasteiger partial charge on any atom is 0.253 e. The summed E-state index contributed by atoms with van der Waals surface area (Å²) in [5.74, 6) is 0.721. The number of carbonyl (C=O) groups excluding carboxylic acids is 1. The zero-order chi connectivity index (χ0) is 18.4. The molecule has 2 aromatic rings. The lowest BCUT2D eigenvalue weighted by molar-refractivity contribution is 0.0315. The number of ether oxygens (including phenoxy) is 1. The lowest BCUT2D eigenvalue weighted by Crippen LogP contribution is -2.42. The lowest BCUT2D eigenvalue weighted by atomic mass is 10.0. The van der Waals surface area contributed by atoms with Gasteiger partial charge in [0, 0.05) is 24.2 Å². The third-order valence-corrected chi connectivity index (χ3v) is 3.85. The average Bonchev–Trinajstić information content (AvgIpc) is 2.59. The number of rotatable bonds is 7. The van der Waals surface area contributed by atoms with E-state index < -0.39 is 5.60 Å². The topological polar surface area (TPSA) is 49.8 Å². The normalized spacial score (nSPS) is 11.2. The monoisotopic (exact) mass is 341 g/mol. The van der Waals surface area contributed by atoms with E-state index >= 15 is 0 Å². The second-order valence-electron chi connectivity index (χ2n) is 6.64. The van der Waals surface area contributed by atoms with E-state index in [1.54, 1.807) is 18.7 Å². The van der Waals surface area contributed by atoms with Crippen LogP contribution in [0, 0.1) is 0 Å². The van der Waals surface area contributed by atoms with Crippen molar-refractivity contribution in [1.29, 1.82) is 0 Å². The van der Waals surface area contributed by atoms with E-state index in [1.165, 1.54) is 0 Å². The van der Waals surface area contributed by atoms with Crippen molar-refractivity contribution in [1.82, 2.24) is 4.90 Å². The Kier molecular flexibility index (Phi) is 6.21. The van der Waals surface area contributed by atoms with Crippen molar-refractivity contribution in [3.8, 4) is 16.9 Å². The quantitative estimate of drug-likeness (QED) is 0.828. The molecule has 2 aromatic carbocycles. The number of hydrogen-bond donors (Lipinski definition) is 1. The standard InChI is InChI=1S/C21H27NO3/c1-5-22(15-21(3,4)24)20(23)17-11-9-10-16(14-17)18-12-7-8-13-19(18)25-6-2/h7-14,24H,5-6,15H2,1-4H3. The maximum absolute atomic E-state index is 12.8. The molecule has 0 bridgehead atoms. The van der Waals surface area contributed by atoms with Gasteiger partial charge in [0.25, 0.3) is 5.91 Å².